The fourth-order valence-electron chi connectivity index (χ4n) is 12.9. The Morgan fingerprint density at radius 2 is 0.605 bits per heavy atom. The minimum absolute atomic E-state index is 0.00676. The van der Waals surface area contributed by atoms with Crippen molar-refractivity contribution in [2.45, 2.75) is 209 Å². The molecule has 2 nitrogen and oxygen atoms in total. The molecule has 0 radical (unpaired) electrons. The van der Waals surface area contributed by atoms with Gasteiger partial charge in [-0.05, 0) is 187 Å². The van der Waals surface area contributed by atoms with Gasteiger partial charge < -0.3 is 9.47 Å². The SMILES string of the molecule is CC(C)(C)c1cc(-c2cc(C(C)(C)C)cc(C(C)(C)C)c2)cc(N(c2ccc(C(C)(C)C)cc2-c2cc(C(C)(C)C)cc(C(C)(C)C)c2)c2ccc3ccc4c(-n5c6ccc(C(C)(C)C)cc6c6cc(C(C)(C)C)ccc65)ccc5ccc2c3c54)c1. The van der Waals surface area contributed by atoms with Crippen molar-refractivity contribution in [2.75, 3.05) is 4.90 Å². The lowest BCUT2D eigenvalue weighted by Gasteiger charge is -2.33. The summed E-state index contributed by atoms with van der Waals surface area (Å²) in [4.78, 5) is 2.65. The van der Waals surface area contributed by atoms with E-state index in [9.17, 15) is 0 Å². The van der Waals surface area contributed by atoms with Gasteiger partial charge in [-0.1, -0.05) is 263 Å². The van der Waals surface area contributed by atoms with Gasteiger partial charge in [0.1, 0.15) is 0 Å². The Labute approximate surface area is 517 Å². The molecule has 0 unspecified atom stereocenters. The minimum atomic E-state index is -0.166. The van der Waals surface area contributed by atoms with Crippen molar-refractivity contribution in [2.24, 2.45) is 0 Å². The molecule has 86 heavy (non-hydrogen) atoms. The molecular formula is C84H98N2. The van der Waals surface area contributed by atoms with E-state index < -0.39 is 0 Å². The lowest BCUT2D eigenvalue weighted by Crippen LogP contribution is -2.18. The van der Waals surface area contributed by atoms with Gasteiger partial charge in [-0.3, -0.25) is 0 Å². The highest BCUT2D eigenvalue weighted by molar-refractivity contribution is 6.27. The van der Waals surface area contributed by atoms with Crippen LogP contribution in [0.25, 0.3) is 82.1 Å². The molecule has 0 aliphatic rings. The summed E-state index contributed by atoms with van der Waals surface area (Å²) in [5.74, 6) is 0. The highest BCUT2D eigenvalue weighted by Crippen LogP contribution is 2.51. The highest BCUT2D eigenvalue weighted by atomic mass is 15.1. The number of nitrogens with zero attached hydrogens (tertiary/aromatic N) is 2. The Kier molecular flexibility index (Phi) is 14.2. The van der Waals surface area contributed by atoms with Crippen LogP contribution in [-0.2, 0) is 43.3 Å². The number of benzene rings is 10. The maximum absolute atomic E-state index is 2.65. The molecule has 0 saturated heterocycles. The number of aromatic nitrogens is 1. The molecule has 10 aromatic carbocycles. The van der Waals surface area contributed by atoms with Gasteiger partial charge in [-0.2, -0.15) is 0 Å². The van der Waals surface area contributed by atoms with Gasteiger partial charge in [0.2, 0.25) is 0 Å². The maximum Gasteiger partial charge on any atom is 0.0541 e. The van der Waals surface area contributed by atoms with Gasteiger partial charge >= 0.3 is 0 Å². The number of rotatable bonds is 6. The first-order chi connectivity index (χ1) is 39.7. The summed E-state index contributed by atoms with van der Waals surface area (Å²) in [7, 11) is 0. The molecular weight excluding hydrogens is 1040 g/mol. The second-order valence-electron chi connectivity index (χ2n) is 33.8. The third-order valence-corrected chi connectivity index (χ3v) is 18.7. The second-order valence-corrected chi connectivity index (χ2v) is 33.8. The highest BCUT2D eigenvalue weighted by Gasteiger charge is 2.31. The summed E-state index contributed by atoms with van der Waals surface area (Å²) in [5, 5.41) is 10.1. The number of fused-ring (bicyclic) bond motifs is 3. The zero-order valence-corrected chi connectivity index (χ0v) is 56.9. The molecule has 11 aromatic rings. The van der Waals surface area contributed by atoms with Crippen molar-refractivity contribution in [3.8, 4) is 27.9 Å². The van der Waals surface area contributed by atoms with Crippen LogP contribution in [0.2, 0.25) is 0 Å². The molecule has 0 amide bonds. The van der Waals surface area contributed by atoms with Crippen LogP contribution < -0.4 is 4.90 Å². The lowest BCUT2D eigenvalue weighted by atomic mass is 9.78. The molecule has 1 heterocycles. The van der Waals surface area contributed by atoms with Gasteiger partial charge in [0, 0.05) is 32.8 Å². The Morgan fingerprint density at radius 3 is 1.06 bits per heavy atom. The molecule has 0 fully saturated rings. The van der Waals surface area contributed by atoms with E-state index in [-0.39, 0.29) is 43.3 Å². The molecule has 0 spiro atoms. The molecule has 0 bridgehead atoms. The molecule has 1 aromatic heterocycles. The minimum Gasteiger partial charge on any atom is -0.309 e. The summed E-state index contributed by atoms with van der Waals surface area (Å²) >= 11 is 0. The third kappa shape index (κ3) is 11.1. The van der Waals surface area contributed by atoms with Crippen LogP contribution in [0.4, 0.5) is 17.1 Å². The fourth-order valence-corrected chi connectivity index (χ4v) is 12.9. The quantitative estimate of drug-likeness (QED) is 0.151. The molecule has 444 valence electrons. The lowest BCUT2D eigenvalue weighted by molar-refractivity contribution is 0.568. The van der Waals surface area contributed by atoms with E-state index in [1.165, 1.54) is 127 Å². The van der Waals surface area contributed by atoms with E-state index in [1.54, 1.807) is 0 Å². The summed E-state index contributed by atoms with van der Waals surface area (Å²) in [5.41, 5.74) is 22.3. The van der Waals surface area contributed by atoms with E-state index in [2.05, 4.69) is 333 Å². The van der Waals surface area contributed by atoms with E-state index in [1.807, 2.05) is 0 Å². The molecule has 0 atom stereocenters. The number of hydrogen-bond donors (Lipinski definition) is 0. The van der Waals surface area contributed by atoms with Crippen molar-refractivity contribution in [3.63, 3.8) is 0 Å². The van der Waals surface area contributed by atoms with E-state index >= 15 is 0 Å². The maximum atomic E-state index is 2.65. The largest absolute Gasteiger partial charge is 0.309 e. The Bertz CT molecular complexity index is 4320. The average Bonchev–Trinajstić information content (AvgIpc) is 1.22. The van der Waals surface area contributed by atoms with Gasteiger partial charge in [0.15, 0.2) is 0 Å². The van der Waals surface area contributed by atoms with Crippen molar-refractivity contribution in [3.05, 3.63) is 202 Å². The number of hydrogen-bond acceptors (Lipinski definition) is 1. The van der Waals surface area contributed by atoms with Crippen LogP contribution in [0.1, 0.15) is 211 Å². The zero-order chi connectivity index (χ0) is 62.6. The normalized spacial score (nSPS) is 13.6. The molecule has 11 rings (SSSR count). The predicted octanol–water partition coefficient (Wildman–Crippen LogP) is 24.9. The van der Waals surface area contributed by atoms with E-state index in [4.69, 9.17) is 0 Å². The van der Waals surface area contributed by atoms with E-state index in [0.717, 1.165) is 17.1 Å². The van der Waals surface area contributed by atoms with Gasteiger partial charge in [0.25, 0.3) is 0 Å². The van der Waals surface area contributed by atoms with Crippen LogP contribution in [0.15, 0.2) is 158 Å². The molecule has 2 heteroatoms. The van der Waals surface area contributed by atoms with Crippen molar-refractivity contribution >= 4 is 71.2 Å². The number of anilines is 3. The summed E-state index contributed by atoms with van der Waals surface area (Å²) in [6.07, 6.45) is 0. The third-order valence-electron chi connectivity index (χ3n) is 18.7. The van der Waals surface area contributed by atoms with Crippen molar-refractivity contribution in [1.82, 2.24) is 4.57 Å². The molecule has 0 aliphatic carbocycles. The average molecular weight is 1140 g/mol. The second kappa shape index (κ2) is 20.2. The zero-order valence-electron chi connectivity index (χ0n) is 56.9. The van der Waals surface area contributed by atoms with Gasteiger partial charge in [-0.25, -0.2) is 0 Å². The Balaban J connectivity index is 1.27. The van der Waals surface area contributed by atoms with Crippen LogP contribution in [0, 0.1) is 0 Å². The monoisotopic (exact) mass is 1130 g/mol. The molecule has 0 aliphatic heterocycles. The molecule has 0 saturated carbocycles. The smallest absolute Gasteiger partial charge is 0.0541 e. The van der Waals surface area contributed by atoms with Crippen LogP contribution >= 0.6 is 0 Å². The van der Waals surface area contributed by atoms with Gasteiger partial charge in [0.05, 0.1) is 28.1 Å². The first kappa shape index (κ1) is 60.5. The van der Waals surface area contributed by atoms with Crippen LogP contribution in [0.5, 0.6) is 0 Å². The summed E-state index contributed by atoms with van der Waals surface area (Å²) in [6, 6.07) is 63.3. The van der Waals surface area contributed by atoms with Gasteiger partial charge in [-0.15, -0.1) is 0 Å². The van der Waals surface area contributed by atoms with Crippen molar-refractivity contribution in [1.29, 1.82) is 0 Å². The molecule has 0 N–H and O–H groups in total. The van der Waals surface area contributed by atoms with Crippen LogP contribution in [-0.4, -0.2) is 4.57 Å². The van der Waals surface area contributed by atoms with Crippen LogP contribution in [0.3, 0.4) is 0 Å². The Morgan fingerprint density at radius 1 is 0.256 bits per heavy atom. The van der Waals surface area contributed by atoms with Crippen molar-refractivity contribution < 1.29 is 0 Å². The topological polar surface area (TPSA) is 8.17 Å². The summed E-state index contributed by atoms with van der Waals surface area (Å²) < 4.78 is 2.56. The fraction of sp³-hybridized carbons (Fsp3) is 0.381. The summed E-state index contributed by atoms with van der Waals surface area (Å²) in [6.45, 7) is 56.4. The first-order valence-electron chi connectivity index (χ1n) is 31.9. The standard InChI is InChI=1S/C84H98N2/c1-77(2,3)56-29-36-72(67(48-56)55-42-61(82(16,17)18)46-62(43-55)83(19,20)21)85(64-44-54(41-63(47-64)84(22,23)24)53-39-59(80(10,11)12)45-60(40-53)81(13,14)15)70-34-27-51-26-33-66-71(35-28-52-25-32-65(70)75(51)76(52)66)86-73-37-30-57(78(4,5)6)49-68(73)69-50-58(79(7,8)9)31-38-74(69)86/h25-50H,1-24H3. The van der Waals surface area contributed by atoms with E-state index in [0.29, 0.717) is 0 Å². The predicted molar refractivity (Wildman–Crippen MR) is 380 cm³/mol. The Hall–Kier alpha value is -7.16. The first-order valence-corrected chi connectivity index (χ1v) is 31.9.